The van der Waals surface area contributed by atoms with Crippen LogP contribution in [0.5, 0.6) is 0 Å². The zero-order valence-electron chi connectivity index (χ0n) is 8.53. The fraction of sp³-hybridized carbons (Fsp3) is 0.182. The SMILES string of the molecule is [CH2]c1cn(C)c2c1C(=O)C(OC)=CC2=O. The Morgan fingerprint density at radius 1 is 1.40 bits per heavy atom. The van der Waals surface area contributed by atoms with E-state index in [1.165, 1.54) is 13.2 Å². The van der Waals surface area contributed by atoms with E-state index in [1.807, 2.05) is 0 Å². The molecule has 0 saturated heterocycles. The van der Waals surface area contributed by atoms with Crippen LogP contribution in [0.15, 0.2) is 18.0 Å². The van der Waals surface area contributed by atoms with Gasteiger partial charge in [-0.25, -0.2) is 0 Å². The molecule has 4 nitrogen and oxygen atoms in total. The second-order valence-corrected chi connectivity index (χ2v) is 3.39. The number of methoxy groups -OCH3 is 1. The lowest BCUT2D eigenvalue weighted by molar-refractivity contribution is 0.0913. The monoisotopic (exact) mass is 204 g/mol. The average molecular weight is 204 g/mol. The van der Waals surface area contributed by atoms with Crippen molar-refractivity contribution in [3.05, 3.63) is 41.8 Å². The third kappa shape index (κ3) is 1.21. The minimum absolute atomic E-state index is 0.0728. The Bertz CT molecular complexity index is 494. The molecule has 1 aliphatic rings. The van der Waals surface area contributed by atoms with Crippen LogP contribution in [0, 0.1) is 6.92 Å². The molecule has 4 heteroatoms. The molecule has 0 amide bonds. The quantitative estimate of drug-likeness (QED) is 0.688. The third-order valence-corrected chi connectivity index (χ3v) is 2.43. The number of aromatic nitrogens is 1. The fourth-order valence-corrected chi connectivity index (χ4v) is 1.77. The number of ketones is 2. The number of ether oxygens (including phenoxy) is 1. The number of aryl methyl sites for hydroxylation is 1. The van der Waals surface area contributed by atoms with Crippen LogP contribution in [0.1, 0.15) is 26.4 Å². The lowest BCUT2D eigenvalue weighted by Gasteiger charge is -2.12. The van der Waals surface area contributed by atoms with Gasteiger partial charge in [-0.15, -0.1) is 0 Å². The maximum atomic E-state index is 11.8. The number of nitrogens with zero attached hydrogens (tertiary/aromatic N) is 1. The maximum absolute atomic E-state index is 11.8. The van der Waals surface area contributed by atoms with E-state index in [1.54, 1.807) is 17.8 Å². The summed E-state index contributed by atoms with van der Waals surface area (Å²) in [6.07, 6.45) is 2.87. The first-order valence-electron chi connectivity index (χ1n) is 4.42. The van der Waals surface area contributed by atoms with Gasteiger partial charge < -0.3 is 9.30 Å². The largest absolute Gasteiger partial charge is 0.492 e. The minimum atomic E-state index is -0.280. The van der Waals surface area contributed by atoms with Gasteiger partial charge in [0.05, 0.1) is 12.7 Å². The van der Waals surface area contributed by atoms with Gasteiger partial charge in [-0.1, -0.05) is 0 Å². The molecule has 1 aromatic rings. The van der Waals surface area contributed by atoms with Gasteiger partial charge in [0, 0.05) is 19.3 Å². The van der Waals surface area contributed by atoms with Crippen LogP contribution in [-0.2, 0) is 11.8 Å². The Kier molecular flexibility index (Phi) is 2.00. The van der Waals surface area contributed by atoms with E-state index >= 15 is 0 Å². The van der Waals surface area contributed by atoms with Gasteiger partial charge in [0.25, 0.3) is 0 Å². The van der Waals surface area contributed by atoms with Gasteiger partial charge in [0.2, 0.25) is 11.6 Å². The van der Waals surface area contributed by atoms with E-state index in [0.717, 1.165) is 0 Å². The number of carbonyl (C=O) groups excluding carboxylic acids is 2. The molecule has 0 N–H and O–H groups in total. The highest BCUT2D eigenvalue weighted by Gasteiger charge is 2.30. The van der Waals surface area contributed by atoms with Crippen LogP contribution < -0.4 is 0 Å². The van der Waals surface area contributed by atoms with E-state index in [9.17, 15) is 9.59 Å². The molecule has 1 heterocycles. The Morgan fingerprint density at radius 3 is 2.67 bits per heavy atom. The number of carbonyl (C=O) groups is 2. The van der Waals surface area contributed by atoms with Crippen molar-refractivity contribution >= 4 is 11.6 Å². The van der Waals surface area contributed by atoms with Crippen LogP contribution >= 0.6 is 0 Å². The summed E-state index contributed by atoms with van der Waals surface area (Å²) in [5.74, 6) is -0.430. The lowest BCUT2D eigenvalue weighted by atomic mass is 9.97. The highest BCUT2D eigenvalue weighted by atomic mass is 16.5. The normalized spacial score (nSPS) is 15.0. The molecular formula is C11H10NO3. The summed E-state index contributed by atoms with van der Waals surface area (Å²) in [4.78, 5) is 23.5. The number of hydrogen-bond acceptors (Lipinski definition) is 3. The molecule has 1 aromatic heterocycles. The zero-order valence-corrected chi connectivity index (χ0v) is 8.53. The molecule has 77 valence electrons. The summed E-state index contributed by atoms with van der Waals surface area (Å²) in [5.41, 5.74) is 1.28. The molecule has 0 atom stereocenters. The van der Waals surface area contributed by atoms with Crippen molar-refractivity contribution in [1.82, 2.24) is 4.57 Å². The second kappa shape index (κ2) is 3.08. The summed E-state index contributed by atoms with van der Waals surface area (Å²) >= 11 is 0. The van der Waals surface area contributed by atoms with Gasteiger partial charge in [-0.3, -0.25) is 9.59 Å². The van der Waals surface area contributed by atoms with Gasteiger partial charge >= 0.3 is 0 Å². The topological polar surface area (TPSA) is 48.3 Å². The smallest absolute Gasteiger partial charge is 0.230 e. The van der Waals surface area contributed by atoms with Crippen molar-refractivity contribution in [2.45, 2.75) is 0 Å². The van der Waals surface area contributed by atoms with E-state index < -0.39 is 0 Å². The highest BCUT2D eigenvalue weighted by molar-refractivity contribution is 6.23. The number of Topliss-reactive ketones (excluding diaryl/α,β-unsaturated/α-hetero) is 1. The van der Waals surface area contributed by atoms with E-state index in [-0.39, 0.29) is 17.3 Å². The van der Waals surface area contributed by atoms with Crippen molar-refractivity contribution in [2.75, 3.05) is 7.11 Å². The molecule has 0 bridgehead atoms. The van der Waals surface area contributed by atoms with E-state index in [4.69, 9.17) is 4.74 Å². The van der Waals surface area contributed by atoms with Crippen molar-refractivity contribution in [1.29, 1.82) is 0 Å². The maximum Gasteiger partial charge on any atom is 0.230 e. The molecular weight excluding hydrogens is 194 g/mol. The number of fused-ring (bicyclic) bond motifs is 1. The molecule has 0 saturated carbocycles. The molecule has 0 aliphatic heterocycles. The van der Waals surface area contributed by atoms with Crippen LogP contribution in [0.2, 0.25) is 0 Å². The molecule has 0 spiro atoms. The lowest BCUT2D eigenvalue weighted by Crippen LogP contribution is -2.19. The van der Waals surface area contributed by atoms with Crippen molar-refractivity contribution in [3.8, 4) is 0 Å². The predicted molar refractivity (Wildman–Crippen MR) is 53.6 cm³/mol. The molecule has 0 aromatic carbocycles. The third-order valence-electron chi connectivity index (χ3n) is 2.43. The highest BCUT2D eigenvalue weighted by Crippen LogP contribution is 2.25. The Labute approximate surface area is 87.1 Å². The Balaban J connectivity index is 2.69. The molecule has 15 heavy (non-hydrogen) atoms. The number of rotatable bonds is 1. The first-order chi connectivity index (χ1) is 7.06. The fourth-order valence-electron chi connectivity index (χ4n) is 1.77. The molecule has 1 radical (unpaired) electrons. The second-order valence-electron chi connectivity index (χ2n) is 3.39. The van der Waals surface area contributed by atoms with Crippen LogP contribution in [0.25, 0.3) is 0 Å². The van der Waals surface area contributed by atoms with Gasteiger partial charge in [0.15, 0.2) is 5.76 Å². The Morgan fingerprint density at radius 2 is 2.07 bits per heavy atom. The predicted octanol–water partition coefficient (Wildman–Crippen LogP) is 1.12. The van der Waals surface area contributed by atoms with E-state index in [0.29, 0.717) is 16.8 Å². The standard InChI is InChI=1S/C11H10NO3/c1-6-5-12(2)10-7(13)4-8(15-3)11(14)9(6)10/h4-5H,1H2,2-3H3. The van der Waals surface area contributed by atoms with Crippen LogP contribution in [-0.4, -0.2) is 23.2 Å². The summed E-state index contributed by atoms with van der Waals surface area (Å²) < 4.78 is 6.46. The minimum Gasteiger partial charge on any atom is -0.492 e. The van der Waals surface area contributed by atoms with Gasteiger partial charge in [-0.2, -0.15) is 0 Å². The summed E-state index contributed by atoms with van der Waals surface area (Å²) in [7, 11) is 3.08. The molecule has 0 unspecified atom stereocenters. The summed E-state index contributed by atoms with van der Waals surface area (Å²) in [6.45, 7) is 3.73. The van der Waals surface area contributed by atoms with Crippen molar-refractivity contribution < 1.29 is 14.3 Å². The first kappa shape index (κ1) is 9.71. The molecule has 0 fully saturated rings. The zero-order chi connectivity index (χ0) is 11.2. The summed E-state index contributed by atoms with van der Waals surface area (Å²) in [6, 6.07) is 0. The molecule has 2 rings (SSSR count). The summed E-state index contributed by atoms with van der Waals surface area (Å²) in [5, 5.41) is 0. The van der Waals surface area contributed by atoms with E-state index in [2.05, 4.69) is 6.92 Å². The number of allylic oxidation sites excluding steroid dienone is 2. The molecule has 1 aliphatic carbocycles. The van der Waals surface area contributed by atoms with Gasteiger partial charge in [-0.05, 0) is 12.5 Å². The average Bonchev–Trinajstić information content (AvgIpc) is 2.48. The van der Waals surface area contributed by atoms with Crippen LogP contribution in [0.3, 0.4) is 0 Å². The van der Waals surface area contributed by atoms with Gasteiger partial charge in [0.1, 0.15) is 5.69 Å². The van der Waals surface area contributed by atoms with Crippen LogP contribution in [0.4, 0.5) is 0 Å². The Hall–Kier alpha value is -1.84. The first-order valence-corrected chi connectivity index (χ1v) is 4.42. The number of hydrogen-bond donors (Lipinski definition) is 0. The van der Waals surface area contributed by atoms with Crippen molar-refractivity contribution in [2.24, 2.45) is 7.05 Å². The van der Waals surface area contributed by atoms with Crippen molar-refractivity contribution in [3.63, 3.8) is 0 Å².